The molecule has 5 nitrogen and oxygen atoms in total. The Bertz CT molecular complexity index is 587. The molecule has 1 saturated heterocycles. The normalized spacial score (nSPS) is 15.0. The van der Waals surface area contributed by atoms with Gasteiger partial charge in [0.15, 0.2) is 11.5 Å². The standard InChI is InChI=1S/C17H23ClN2O3.ClH/c1-20(13-6-8-19-9-7-13)16(21)5-4-12-10-14(18)17(23-3)15(11-12)22-2;/h4-5,10-11,13,19H,6-9H2,1-3H3;1H. The molecule has 0 radical (unpaired) electrons. The fourth-order valence-electron chi connectivity index (χ4n) is 2.69. The van der Waals surface area contributed by atoms with Crippen molar-refractivity contribution >= 4 is 36.0 Å². The minimum atomic E-state index is -0.0113. The Hall–Kier alpha value is -1.43. The number of nitrogens with one attached hydrogen (secondary N) is 1. The average Bonchev–Trinajstić information content (AvgIpc) is 2.59. The summed E-state index contributed by atoms with van der Waals surface area (Å²) in [5.41, 5.74) is 0.791. The zero-order valence-electron chi connectivity index (χ0n) is 14.2. The fraction of sp³-hybridized carbons (Fsp3) is 0.471. The van der Waals surface area contributed by atoms with E-state index in [1.54, 1.807) is 36.3 Å². The van der Waals surface area contributed by atoms with Crippen molar-refractivity contribution in [1.82, 2.24) is 10.2 Å². The van der Waals surface area contributed by atoms with Crippen LogP contribution in [0.5, 0.6) is 11.5 Å². The van der Waals surface area contributed by atoms with Crippen LogP contribution in [0.25, 0.3) is 6.08 Å². The van der Waals surface area contributed by atoms with E-state index in [-0.39, 0.29) is 18.3 Å². The molecule has 0 aliphatic carbocycles. The van der Waals surface area contributed by atoms with Crippen molar-refractivity contribution in [3.63, 3.8) is 0 Å². The Morgan fingerprint density at radius 1 is 1.29 bits per heavy atom. The van der Waals surface area contributed by atoms with E-state index >= 15 is 0 Å². The molecule has 0 atom stereocenters. The summed E-state index contributed by atoms with van der Waals surface area (Å²) >= 11 is 6.17. The fourth-order valence-corrected chi connectivity index (χ4v) is 2.99. The molecule has 7 heteroatoms. The van der Waals surface area contributed by atoms with Crippen molar-refractivity contribution in [2.24, 2.45) is 0 Å². The largest absolute Gasteiger partial charge is 0.493 e. The van der Waals surface area contributed by atoms with Gasteiger partial charge < -0.3 is 19.7 Å². The summed E-state index contributed by atoms with van der Waals surface area (Å²) in [4.78, 5) is 14.1. The zero-order valence-corrected chi connectivity index (χ0v) is 15.7. The maximum absolute atomic E-state index is 12.3. The highest BCUT2D eigenvalue weighted by molar-refractivity contribution is 6.32. The average molecular weight is 375 g/mol. The van der Waals surface area contributed by atoms with E-state index in [2.05, 4.69) is 5.32 Å². The number of nitrogens with zero attached hydrogens (tertiary/aromatic N) is 1. The number of amides is 1. The van der Waals surface area contributed by atoms with Crippen molar-refractivity contribution < 1.29 is 14.3 Å². The number of rotatable bonds is 5. The monoisotopic (exact) mass is 374 g/mol. The van der Waals surface area contributed by atoms with Gasteiger partial charge in [-0.1, -0.05) is 11.6 Å². The third kappa shape index (κ3) is 5.03. The highest BCUT2D eigenvalue weighted by Gasteiger charge is 2.20. The first-order valence-corrected chi connectivity index (χ1v) is 8.01. The Labute approximate surface area is 154 Å². The van der Waals surface area contributed by atoms with Crippen LogP contribution in [0.4, 0.5) is 0 Å². The highest BCUT2D eigenvalue weighted by atomic mass is 35.5. The molecular formula is C17H24Cl2N2O3. The smallest absolute Gasteiger partial charge is 0.246 e. The third-order valence-electron chi connectivity index (χ3n) is 4.08. The summed E-state index contributed by atoms with van der Waals surface area (Å²) in [6.45, 7) is 1.91. The van der Waals surface area contributed by atoms with Crippen LogP contribution in [0.1, 0.15) is 18.4 Å². The van der Waals surface area contributed by atoms with E-state index < -0.39 is 0 Å². The lowest BCUT2D eigenvalue weighted by molar-refractivity contribution is -0.127. The maximum atomic E-state index is 12.3. The van der Waals surface area contributed by atoms with Crippen LogP contribution in [0.2, 0.25) is 5.02 Å². The number of halogens is 2. The van der Waals surface area contributed by atoms with Crippen LogP contribution in [0, 0.1) is 0 Å². The minimum absolute atomic E-state index is 0. The predicted octanol–water partition coefficient (Wildman–Crippen LogP) is 3.00. The van der Waals surface area contributed by atoms with Crippen LogP contribution in [0.15, 0.2) is 18.2 Å². The Morgan fingerprint density at radius 2 is 1.96 bits per heavy atom. The van der Waals surface area contributed by atoms with Gasteiger partial charge >= 0.3 is 0 Å². The maximum Gasteiger partial charge on any atom is 0.246 e. The van der Waals surface area contributed by atoms with E-state index in [9.17, 15) is 4.79 Å². The molecule has 1 N–H and O–H groups in total. The highest BCUT2D eigenvalue weighted by Crippen LogP contribution is 2.36. The summed E-state index contributed by atoms with van der Waals surface area (Å²) in [5, 5.41) is 3.75. The van der Waals surface area contributed by atoms with E-state index in [1.807, 2.05) is 7.05 Å². The topological polar surface area (TPSA) is 50.8 Å². The van der Waals surface area contributed by atoms with Gasteiger partial charge in [0.1, 0.15) is 0 Å². The van der Waals surface area contributed by atoms with Gasteiger partial charge in [-0.05, 0) is 49.7 Å². The molecular weight excluding hydrogens is 351 g/mol. The third-order valence-corrected chi connectivity index (χ3v) is 4.36. The number of hydrogen-bond acceptors (Lipinski definition) is 4. The Morgan fingerprint density at radius 3 is 2.54 bits per heavy atom. The number of methoxy groups -OCH3 is 2. The Balaban J connectivity index is 0.00000288. The molecule has 1 aromatic carbocycles. The number of benzene rings is 1. The molecule has 0 aromatic heterocycles. The summed E-state index contributed by atoms with van der Waals surface area (Å²) in [5.74, 6) is 1.02. The number of ether oxygens (including phenoxy) is 2. The predicted molar refractivity (Wildman–Crippen MR) is 99.5 cm³/mol. The first-order valence-electron chi connectivity index (χ1n) is 7.64. The molecule has 0 saturated carbocycles. The second-order valence-corrected chi connectivity index (χ2v) is 5.91. The van der Waals surface area contributed by atoms with E-state index in [0.29, 0.717) is 22.6 Å². The van der Waals surface area contributed by atoms with Crippen molar-refractivity contribution in [2.75, 3.05) is 34.4 Å². The summed E-state index contributed by atoms with van der Waals surface area (Å²) in [6.07, 6.45) is 5.28. The van der Waals surface area contributed by atoms with Gasteiger partial charge in [-0.3, -0.25) is 4.79 Å². The van der Waals surface area contributed by atoms with Crippen LogP contribution < -0.4 is 14.8 Å². The first kappa shape index (κ1) is 20.6. The molecule has 24 heavy (non-hydrogen) atoms. The van der Waals surface area contributed by atoms with Crippen molar-refractivity contribution in [2.45, 2.75) is 18.9 Å². The summed E-state index contributed by atoms with van der Waals surface area (Å²) < 4.78 is 10.5. The molecule has 2 rings (SSSR count). The van der Waals surface area contributed by atoms with Gasteiger partial charge in [0.2, 0.25) is 5.91 Å². The lowest BCUT2D eigenvalue weighted by Crippen LogP contribution is -2.43. The molecule has 1 aromatic rings. The molecule has 0 spiro atoms. The van der Waals surface area contributed by atoms with E-state index in [0.717, 1.165) is 31.5 Å². The molecule has 1 fully saturated rings. The number of carbonyl (C=O) groups is 1. The lowest BCUT2D eigenvalue weighted by atomic mass is 10.1. The Kier molecular flexibility index (Phi) is 8.39. The van der Waals surface area contributed by atoms with Crippen molar-refractivity contribution in [1.29, 1.82) is 0 Å². The van der Waals surface area contributed by atoms with E-state index in [1.165, 1.54) is 7.11 Å². The van der Waals surface area contributed by atoms with Gasteiger partial charge in [0, 0.05) is 19.2 Å². The van der Waals surface area contributed by atoms with Gasteiger partial charge in [0.05, 0.1) is 19.2 Å². The second-order valence-electron chi connectivity index (χ2n) is 5.50. The SMILES string of the molecule is COc1cc(C=CC(=O)N(C)C2CCNCC2)cc(Cl)c1OC.Cl. The molecule has 0 unspecified atom stereocenters. The van der Waals surface area contributed by atoms with Gasteiger partial charge in [-0.2, -0.15) is 0 Å². The first-order chi connectivity index (χ1) is 11.1. The van der Waals surface area contributed by atoms with Crippen LogP contribution in [-0.4, -0.2) is 51.2 Å². The second kappa shape index (κ2) is 9.77. The molecule has 1 aliphatic heterocycles. The number of hydrogen-bond donors (Lipinski definition) is 1. The number of piperidine rings is 1. The van der Waals surface area contributed by atoms with Crippen LogP contribution in [0.3, 0.4) is 0 Å². The van der Waals surface area contributed by atoms with Crippen molar-refractivity contribution in [3.8, 4) is 11.5 Å². The molecule has 0 bridgehead atoms. The number of carbonyl (C=O) groups excluding carboxylic acids is 1. The van der Waals surface area contributed by atoms with E-state index in [4.69, 9.17) is 21.1 Å². The molecule has 1 aliphatic rings. The van der Waals surface area contributed by atoms with Gasteiger partial charge in [-0.15, -0.1) is 12.4 Å². The van der Waals surface area contributed by atoms with Crippen molar-refractivity contribution in [3.05, 3.63) is 28.8 Å². The van der Waals surface area contributed by atoms with Crippen LogP contribution in [-0.2, 0) is 4.79 Å². The molecule has 1 heterocycles. The van der Waals surface area contributed by atoms with Gasteiger partial charge in [0.25, 0.3) is 0 Å². The quantitative estimate of drug-likeness (QED) is 0.804. The number of likely N-dealkylation sites (N-methyl/N-ethyl adjacent to an activating group) is 1. The molecule has 134 valence electrons. The van der Waals surface area contributed by atoms with Crippen LogP contribution >= 0.6 is 24.0 Å². The molecule has 1 amide bonds. The summed E-state index contributed by atoms with van der Waals surface area (Å²) in [6, 6.07) is 3.83. The van der Waals surface area contributed by atoms with Gasteiger partial charge in [-0.25, -0.2) is 0 Å². The summed E-state index contributed by atoms with van der Waals surface area (Å²) in [7, 11) is 4.94. The minimum Gasteiger partial charge on any atom is -0.493 e. The lowest BCUT2D eigenvalue weighted by Gasteiger charge is -2.30. The zero-order chi connectivity index (χ0) is 16.8.